The number of sulfone groups is 1. The van der Waals surface area contributed by atoms with E-state index in [4.69, 9.17) is 5.11 Å². The van der Waals surface area contributed by atoms with Crippen LogP contribution in [0.25, 0.3) is 0 Å². The van der Waals surface area contributed by atoms with Crippen LogP contribution >= 0.6 is 0 Å². The Morgan fingerprint density at radius 1 is 1.39 bits per heavy atom. The van der Waals surface area contributed by atoms with Gasteiger partial charge in [-0.2, -0.15) is 0 Å². The highest BCUT2D eigenvalue weighted by molar-refractivity contribution is 7.90. The van der Waals surface area contributed by atoms with E-state index < -0.39 is 21.4 Å². The number of carbonyl (C=O) groups is 1. The monoisotopic (exact) mass is 273 g/mol. The highest BCUT2D eigenvalue weighted by atomic mass is 32.2. The normalized spacial score (nSPS) is 11.4. The lowest BCUT2D eigenvalue weighted by Gasteiger charge is -2.10. The smallest absolute Gasteiger partial charge is 0.341 e. The van der Waals surface area contributed by atoms with Crippen molar-refractivity contribution in [1.29, 1.82) is 0 Å². The van der Waals surface area contributed by atoms with Crippen LogP contribution in [0.5, 0.6) is 0 Å². The molecule has 100 valence electrons. The number of carboxylic acid groups (broad SMARTS) is 1. The van der Waals surface area contributed by atoms with E-state index in [-0.39, 0.29) is 24.3 Å². The van der Waals surface area contributed by atoms with Gasteiger partial charge in [0.15, 0.2) is 0 Å². The Bertz CT molecular complexity index is 615. The lowest BCUT2D eigenvalue weighted by Crippen LogP contribution is -2.28. The average molecular weight is 273 g/mol. The van der Waals surface area contributed by atoms with Crippen LogP contribution in [0.2, 0.25) is 0 Å². The van der Waals surface area contributed by atoms with Crippen molar-refractivity contribution in [2.75, 3.05) is 12.0 Å². The SMILES string of the molecule is Cc1ccc(C(=O)O)c(=O)n1CCCS(C)(=O)=O. The Morgan fingerprint density at radius 3 is 2.50 bits per heavy atom. The first-order valence-electron chi connectivity index (χ1n) is 5.34. The van der Waals surface area contributed by atoms with Crippen LogP contribution in [0, 0.1) is 6.92 Å². The van der Waals surface area contributed by atoms with Crippen molar-refractivity contribution in [3.63, 3.8) is 0 Å². The molecule has 0 aliphatic heterocycles. The Hall–Kier alpha value is -1.63. The Kier molecular flexibility index (Phi) is 4.28. The van der Waals surface area contributed by atoms with Gasteiger partial charge in [0.2, 0.25) is 0 Å². The molecule has 1 N–H and O–H groups in total. The molecule has 0 spiro atoms. The van der Waals surface area contributed by atoms with E-state index >= 15 is 0 Å². The van der Waals surface area contributed by atoms with E-state index in [1.165, 1.54) is 16.7 Å². The molecule has 1 aromatic heterocycles. The lowest BCUT2D eigenvalue weighted by atomic mass is 10.2. The van der Waals surface area contributed by atoms with Gasteiger partial charge in [0.05, 0.1) is 5.75 Å². The van der Waals surface area contributed by atoms with Crippen LogP contribution in [-0.4, -0.2) is 36.1 Å². The second-order valence-electron chi connectivity index (χ2n) is 4.13. The fraction of sp³-hybridized carbons (Fsp3) is 0.455. The number of hydrogen-bond acceptors (Lipinski definition) is 4. The van der Waals surface area contributed by atoms with Crippen LogP contribution < -0.4 is 5.56 Å². The van der Waals surface area contributed by atoms with Crippen LogP contribution in [0.4, 0.5) is 0 Å². The van der Waals surface area contributed by atoms with Crippen LogP contribution in [0.1, 0.15) is 22.5 Å². The third kappa shape index (κ3) is 3.69. The zero-order valence-electron chi connectivity index (χ0n) is 10.2. The number of aromatic carboxylic acids is 1. The second kappa shape index (κ2) is 5.34. The molecule has 18 heavy (non-hydrogen) atoms. The molecular weight excluding hydrogens is 258 g/mol. The molecule has 0 fully saturated rings. The summed E-state index contributed by atoms with van der Waals surface area (Å²) in [6.45, 7) is 1.87. The summed E-state index contributed by atoms with van der Waals surface area (Å²) in [5.41, 5.74) is -0.297. The molecule has 0 bridgehead atoms. The quantitative estimate of drug-likeness (QED) is 0.832. The molecule has 6 nitrogen and oxygen atoms in total. The van der Waals surface area contributed by atoms with Gasteiger partial charge in [0, 0.05) is 18.5 Å². The van der Waals surface area contributed by atoms with E-state index in [1.807, 2.05) is 0 Å². The zero-order chi connectivity index (χ0) is 13.9. The number of nitrogens with zero attached hydrogens (tertiary/aromatic N) is 1. The first-order valence-corrected chi connectivity index (χ1v) is 7.40. The summed E-state index contributed by atoms with van der Waals surface area (Å²) in [7, 11) is -3.08. The van der Waals surface area contributed by atoms with Gasteiger partial charge in [-0.3, -0.25) is 4.79 Å². The van der Waals surface area contributed by atoms with Gasteiger partial charge in [-0.05, 0) is 25.5 Å². The maximum Gasteiger partial charge on any atom is 0.341 e. The van der Waals surface area contributed by atoms with Crippen molar-refractivity contribution in [2.24, 2.45) is 0 Å². The third-order valence-electron chi connectivity index (χ3n) is 2.52. The van der Waals surface area contributed by atoms with E-state index in [1.54, 1.807) is 6.92 Å². The molecule has 1 rings (SSSR count). The van der Waals surface area contributed by atoms with Gasteiger partial charge in [-0.25, -0.2) is 13.2 Å². The average Bonchev–Trinajstić information content (AvgIpc) is 2.20. The van der Waals surface area contributed by atoms with Crippen molar-refractivity contribution in [1.82, 2.24) is 4.57 Å². The Morgan fingerprint density at radius 2 is 2.00 bits per heavy atom. The first kappa shape index (κ1) is 14.4. The second-order valence-corrected chi connectivity index (χ2v) is 6.39. The van der Waals surface area contributed by atoms with Crippen LogP contribution in [-0.2, 0) is 16.4 Å². The minimum absolute atomic E-state index is 0.0316. The lowest BCUT2D eigenvalue weighted by molar-refractivity contribution is 0.0694. The molecule has 7 heteroatoms. The minimum Gasteiger partial charge on any atom is -0.477 e. The molecule has 1 heterocycles. The summed E-state index contributed by atoms with van der Waals surface area (Å²) < 4.78 is 23.3. The van der Waals surface area contributed by atoms with Crippen molar-refractivity contribution in [3.8, 4) is 0 Å². The number of rotatable bonds is 5. The highest BCUT2D eigenvalue weighted by Crippen LogP contribution is 2.01. The predicted octanol–water partition coefficient (Wildman–Crippen LogP) is 0.290. The van der Waals surface area contributed by atoms with E-state index in [2.05, 4.69) is 0 Å². The zero-order valence-corrected chi connectivity index (χ0v) is 11.0. The van der Waals surface area contributed by atoms with Gasteiger partial charge >= 0.3 is 5.97 Å². The molecule has 0 atom stereocenters. The summed E-state index contributed by atoms with van der Waals surface area (Å²) >= 11 is 0. The topological polar surface area (TPSA) is 93.4 Å². The minimum atomic E-state index is -3.08. The molecule has 0 aliphatic carbocycles. The maximum atomic E-state index is 11.8. The predicted molar refractivity (Wildman–Crippen MR) is 66.7 cm³/mol. The summed E-state index contributed by atoms with van der Waals surface area (Å²) in [5.74, 6) is -1.31. The third-order valence-corrected chi connectivity index (χ3v) is 3.55. The van der Waals surface area contributed by atoms with Gasteiger partial charge in [-0.15, -0.1) is 0 Å². The summed E-state index contributed by atoms with van der Waals surface area (Å²) in [5, 5.41) is 8.83. The van der Waals surface area contributed by atoms with Crippen molar-refractivity contribution in [2.45, 2.75) is 19.9 Å². The molecule has 0 unspecified atom stereocenters. The van der Waals surface area contributed by atoms with Gasteiger partial charge in [0.25, 0.3) is 5.56 Å². The molecule has 0 amide bonds. The van der Waals surface area contributed by atoms with Crippen LogP contribution in [0.15, 0.2) is 16.9 Å². The molecule has 0 radical (unpaired) electrons. The molecule has 0 aromatic carbocycles. The maximum absolute atomic E-state index is 11.8. The van der Waals surface area contributed by atoms with Gasteiger partial charge in [0.1, 0.15) is 15.4 Å². The molecule has 1 aromatic rings. The fourth-order valence-electron chi connectivity index (χ4n) is 1.60. The highest BCUT2D eigenvalue weighted by Gasteiger charge is 2.12. The summed E-state index contributed by atoms with van der Waals surface area (Å²) in [4.78, 5) is 22.6. The molecule has 0 aliphatic rings. The molecule has 0 saturated heterocycles. The number of pyridine rings is 1. The van der Waals surface area contributed by atoms with E-state index in [9.17, 15) is 18.0 Å². The van der Waals surface area contributed by atoms with E-state index in [0.717, 1.165) is 6.26 Å². The Balaban J connectivity index is 2.99. The Labute approximate surface area is 105 Å². The fourth-order valence-corrected chi connectivity index (χ4v) is 2.25. The number of aryl methyl sites for hydroxylation is 1. The number of carboxylic acids is 1. The largest absolute Gasteiger partial charge is 0.477 e. The van der Waals surface area contributed by atoms with Crippen LogP contribution in [0.3, 0.4) is 0 Å². The summed E-state index contributed by atoms with van der Waals surface area (Å²) in [6, 6.07) is 2.79. The summed E-state index contributed by atoms with van der Waals surface area (Å²) in [6.07, 6.45) is 1.40. The number of hydrogen-bond donors (Lipinski definition) is 1. The molecule has 0 saturated carbocycles. The van der Waals surface area contributed by atoms with Gasteiger partial charge < -0.3 is 9.67 Å². The molecular formula is C11H15NO5S. The van der Waals surface area contributed by atoms with E-state index in [0.29, 0.717) is 5.69 Å². The number of aromatic nitrogens is 1. The first-order chi connectivity index (χ1) is 8.22. The standard InChI is InChI=1S/C11H15NO5S/c1-8-4-5-9(11(14)15)10(13)12(8)6-3-7-18(2,16)17/h4-5H,3,6-7H2,1-2H3,(H,14,15). The van der Waals surface area contributed by atoms with Gasteiger partial charge in [-0.1, -0.05) is 0 Å². The van der Waals surface area contributed by atoms with Crippen molar-refractivity contribution in [3.05, 3.63) is 33.7 Å². The van der Waals surface area contributed by atoms with Crippen molar-refractivity contribution >= 4 is 15.8 Å². The van der Waals surface area contributed by atoms with Crippen molar-refractivity contribution < 1.29 is 18.3 Å².